The van der Waals surface area contributed by atoms with Crippen molar-refractivity contribution in [1.82, 2.24) is 9.97 Å². The van der Waals surface area contributed by atoms with Crippen LogP contribution in [0.25, 0.3) is 0 Å². The lowest BCUT2D eigenvalue weighted by Crippen LogP contribution is -2.20. The number of hydrogen-bond donors (Lipinski definition) is 2. The van der Waals surface area contributed by atoms with Crippen LogP contribution in [-0.2, 0) is 14.8 Å². The van der Waals surface area contributed by atoms with E-state index in [0.717, 1.165) is 0 Å². The maximum Gasteiger partial charge on any atom is 0.304 e. The van der Waals surface area contributed by atoms with Crippen molar-refractivity contribution in [1.29, 1.82) is 0 Å². The molecule has 0 aromatic carbocycles. The number of aromatic nitrogens is 2. The van der Waals surface area contributed by atoms with E-state index >= 15 is 0 Å². The van der Waals surface area contributed by atoms with E-state index in [0.29, 0.717) is 0 Å². The largest absolute Gasteiger partial charge is 0.481 e. The molecule has 9 heteroatoms. The molecule has 0 radical (unpaired) electrons. The third-order valence-electron chi connectivity index (χ3n) is 1.45. The number of rotatable bonds is 5. The average molecular weight is 266 g/mol. The normalized spacial score (nSPS) is 11.1. The molecule has 2 N–H and O–H groups in total. The highest BCUT2D eigenvalue weighted by atomic mass is 35.5. The monoisotopic (exact) mass is 265 g/mol. The van der Waals surface area contributed by atoms with Gasteiger partial charge in [0.25, 0.3) is 0 Å². The van der Waals surface area contributed by atoms with Crippen LogP contribution < -0.4 is 4.72 Å². The van der Waals surface area contributed by atoms with Gasteiger partial charge in [-0.1, -0.05) is 11.6 Å². The quantitative estimate of drug-likeness (QED) is 0.743. The molecule has 1 aromatic heterocycles. The molecule has 16 heavy (non-hydrogen) atoms. The van der Waals surface area contributed by atoms with Crippen molar-refractivity contribution in [2.45, 2.75) is 6.42 Å². The van der Waals surface area contributed by atoms with Gasteiger partial charge in [0, 0.05) is 6.20 Å². The van der Waals surface area contributed by atoms with E-state index in [1.54, 1.807) is 0 Å². The minimum Gasteiger partial charge on any atom is -0.481 e. The summed E-state index contributed by atoms with van der Waals surface area (Å²) < 4.78 is 24.7. The Balaban J connectivity index is 2.69. The first-order chi connectivity index (χ1) is 7.39. The van der Waals surface area contributed by atoms with Crippen molar-refractivity contribution in [2.24, 2.45) is 0 Å². The molecule has 0 saturated heterocycles. The molecule has 0 unspecified atom stereocenters. The van der Waals surface area contributed by atoms with Crippen LogP contribution >= 0.6 is 11.6 Å². The Bertz CT molecular complexity index is 490. The first-order valence-corrected chi connectivity index (χ1v) is 6.13. The first kappa shape index (κ1) is 12.7. The number of aliphatic carboxylic acids is 1. The Morgan fingerprint density at radius 1 is 1.56 bits per heavy atom. The fraction of sp³-hybridized carbons (Fsp3) is 0.286. The summed E-state index contributed by atoms with van der Waals surface area (Å²) in [5.41, 5.74) is 0. The molecule has 0 atom stereocenters. The van der Waals surface area contributed by atoms with Gasteiger partial charge in [-0.05, 0) is 6.07 Å². The number of halogens is 1. The smallest absolute Gasteiger partial charge is 0.304 e. The Kier molecular flexibility index (Phi) is 4.02. The van der Waals surface area contributed by atoms with Gasteiger partial charge >= 0.3 is 5.97 Å². The molecule has 0 spiro atoms. The summed E-state index contributed by atoms with van der Waals surface area (Å²) in [6, 6.07) is 1.39. The van der Waals surface area contributed by atoms with Crippen molar-refractivity contribution in [3.63, 3.8) is 0 Å². The number of carboxylic acid groups (broad SMARTS) is 1. The Morgan fingerprint density at radius 2 is 2.25 bits per heavy atom. The molecule has 1 rings (SSSR count). The SMILES string of the molecule is O=C(O)CCS(=O)(=O)Nc1nccc(Cl)n1. The molecule has 1 aromatic rings. The second-order valence-corrected chi connectivity index (χ2v) is 5.00. The maximum atomic E-state index is 11.3. The van der Waals surface area contributed by atoms with Crippen molar-refractivity contribution in [2.75, 3.05) is 10.5 Å². The average Bonchev–Trinajstić information content (AvgIpc) is 2.14. The fourth-order valence-corrected chi connectivity index (χ4v) is 1.86. The van der Waals surface area contributed by atoms with E-state index in [2.05, 4.69) is 9.97 Å². The summed E-state index contributed by atoms with van der Waals surface area (Å²) in [5, 5.41) is 8.43. The van der Waals surface area contributed by atoms with Crippen LogP contribution in [0, 0.1) is 0 Å². The van der Waals surface area contributed by atoms with Crippen molar-refractivity contribution in [3.05, 3.63) is 17.4 Å². The van der Waals surface area contributed by atoms with E-state index < -0.39 is 28.2 Å². The number of sulfonamides is 1. The Labute approximate surface area is 96.5 Å². The zero-order valence-corrected chi connectivity index (χ0v) is 9.49. The van der Waals surface area contributed by atoms with Crippen LogP contribution in [-0.4, -0.2) is 35.2 Å². The zero-order chi connectivity index (χ0) is 12.2. The summed E-state index contributed by atoms with van der Waals surface area (Å²) in [7, 11) is -3.76. The van der Waals surface area contributed by atoms with Crippen LogP contribution in [0.1, 0.15) is 6.42 Å². The molecule has 0 aliphatic carbocycles. The highest BCUT2D eigenvalue weighted by Gasteiger charge is 2.14. The van der Waals surface area contributed by atoms with Crippen LogP contribution in [0.15, 0.2) is 12.3 Å². The van der Waals surface area contributed by atoms with Crippen LogP contribution in [0.5, 0.6) is 0 Å². The molecular weight excluding hydrogens is 258 g/mol. The minimum absolute atomic E-state index is 0.0888. The van der Waals surface area contributed by atoms with E-state index in [1.807, 2.05) is 4.72 Å². The van der Waals surface area contributed by atoms with Gasteiger partial charge in [0.15, 0.2) is 0 Å². The van der Waals surface area contributed by atoms with E-state index in [9.17, 15) is 13.2 Å². The number of carboxylic acids is 1. The number of anilines is 1. The van der Waals surface area contributed by atoms with Gasteiger partial charge in [-0.25, -0.2) is 18.4 Å². The van der Waals surface area contributed by atoms with Gasteiger partial charge in [0.1, 0.15) is 5.15 Å². The maximum absolute atomic E-state index is 11.3. The number of carbonyl (C=O) groups is 1. The van der Waals surface area contributed by atoms with Crippen molar-refractivity contribution < 1.29 is 18.3 Å². The van der Waals surface area contributed by atoms with E-state index in [4.69, 9.17) is 16.7 Å². The zero-order valence-electron chi connectivity index (χ0n) is 7.92. The molecule has 0 saturated carbocycles. The molecular formula is C7H8ClN3O4S. The van der Waals surface area contributed by atoms with Crippen molar-refractivity contribution >= 4 is 33.5 Å². The Morgan fingerprint density at radius 3 is 2.81 bits per heavy atom. The molecule has 88 valence electrons. The van der Waals surface area contributed by atoms with Crippen LogP contribution in [0.2, 0.25) is 5.15 Å². The molecule has 0 bridgehead atoms. The van der Waals surface area contributed by atoms with Gasteiger partial charge in [0.05, 0.1) is 12.2 Å². The van der Waals surface area contributed by atoms with Crippen LogP contribution in [0.4, 0.5) is 5.95 Å². The highest BCUT2D eigenvalue weighted by Crippen LogP contribution is 2.07. The number of nitrogens with zero attached hydrogens (tertiary/aromatic N) is 2. The van der Waals surface area contributed by atoms with E-state index in [1.165, 1.54) is 12.3 Å². The second-order valence-electron chi connectivity index (χ2n) is 2.77. The van der Waals surface area contributed by atoms with Gasteiger partial charge < -0.3 is 5.11 Å². The minimum atomic E-state index is -3.76. The van der Waals surface area contributed by atoms with Gasteiger partial charge in [-0.15, -0.1) is 0 Å². The summed E-state index contributed by atoms with van der Waals surface area (Å²) >= 11 is 5.52. The summed E-state index contributed by atoms with van der Waals surface area (Å²) in [6.45, 7) is 0. The fourth-order valence-electron chi connectivity index (χ4n) is 0.798. The highest BCUT2D eigenvalue weighted by molar-refractivity contribution is 7.92. The lowest BCUT2D eigenvalue weighted by Gasteiger charge is -2.04. The summed E-state index contributed by atoms with van der Waals surface area (Å²) in [5.74, 6) is -1.92. The predicted molar refractivity (Wildman–Crippen MR) is 56.7 cm³/mol. The third kappa shape index (κ3) is 4.41. The first-order valence-electron chi connectivity index (χ1n) is 4.10. The Hall–Kier alpha value is -1.41. The lowest BCUT2D eigenvalue weighted by atomic mass is 10.5. The van der Waals surface area contributed by atoms with Gasteiger partial charge in [-0.3, -0.25) is 9.52 Å². The second kappa shape index (κ2) is 5.08. The van der Waals surface area contributed by atoms with Crippen LogP contribution in [0.3, 0.4) is 0 Å². The summed E-state index contributed by atoms with van der Waals surface area (Å²) in [4.78, 5) is 17.4. The lowest BCUT2D eigenvalue weighted by molar-refractivity contribution is -0.136. The topological polar surface area (TPSA) is 109 Å². The molecule has 0 fully saturated rings. The van der Waals surface area contributed by atoms with E-state index in [-0.39, 0.29) is 11.1 Å². The van der Waals surface area contributed by atoms with Gasteiger partial charge in [0.2, 0.25) is 16.0 Å². The number of hydrogen-bond acceptors (Lipinski definition) is 5. The van der Waals surface area contributed by atoms with Gasteiger partial charge in [-0.2, -0.15) is 0 Å². The van der Waals surface area contributed by atoms with Crippen molar-refractivity contribution in [3.8, 4) is 0 Å². The summed E-state index contributed by atoms with van der Waals surface area (Å²) in [6.07, 6.45) is 0.792. The molecule has 0 amide bonds. The molecule has 7 nitrogen and oxygen atoms in total. The molecule has 0 aliphatic rings. The predicted octanol–water partition coefficient (Wildman–Crippen LogP) is 0.346. The molecule has 0 aliphatic heterocycles. The third-order valence-corrected chi connectivity index (χ3v) is 2.90. The molecule has 1 heterocycles. The number of nitrogens with one attached hydrogen (secondary N) is 1. The standard InChI is InChI=1S/C7H8ClN3O4S/c8-5-1-3-9-7(10-5)11-16(14,15)4-2-6(12)13/h1,3H,2,4H2,(H,12,13)(H,9,10,11).